The number of ether oxygens (including phenoxy) is 3. The van der Waals surface area contributed by atoms with Crippen LogP contribution in [0, 0.1) is 5.82 Å². The van der Waals surface area contributed by atoms with E-state index in [1.165, 1.54) is 42.7 Å². The van der Waals surface area contributed by atoms with Gasteiger partial charge in [0, 0.05) is 12.0 Å². The first-order valence-corrected chi connectivity index (χ1v) is 10.3. The van der Waals surface area contributed by atoms with Gasteiger partial charge in [0.1, 0.15) is 23.2 Å². The molecule has 6 nitrogen and oxygen atoms in total. The first kappa shape index (κ1) is 21.3. The molecular formula is C21H24FNO5S. The summed E-state index contributed by atoms with van der Waals surface area (Å²) < 4.78 is 28.8. The van der Waals surface area contributed by atoms with Crippen LogP contribution in [0.5, 0.6) is 5.75 Å². The molecule has 1 atom stereocenters. The molecule has 156 valence electrons. The number of carbonyl (C=O) groups is 2. The summed E-state index contributed by atoms with van der Waals surface area (Å²) in [5.74, 6) is -0.836. The zero-order valence-electron chi connectivity index (χ0n) is 16.5. The van der Waals surface area contributed by atoms with E-state index in [1.807, 2.05) is 0 Å². The van der Waals surface area contributed by atoms with Crippen molar-refractivity contribution in [2.45, 2.75) is 38.7 Å². The minimum atomic E-state index is -0.822. The van der Waals surface area contributed by atoms with Crippen molar-refractivity contribution in [1.82, 2.24) is 0 Å². The van der Waals surface area contributed by atoms with E-state index in [4.69, 9.17) is 14.2 Å². The van der Waals surface area contributed by atoms with E-state index >= 15 is 0 Å². The summed E-state index contributed by atoms with van der Waals surface area (Å²) in [4.78, 5) is 26.4. The minimum absolute atomic E-state index is 0.150. The van der Waals surface area contributed by atoms with Crippen LogP contribution in [-0.4, -0.2) is 38.3 Å². The molecule has 0 bridgehead atoms. The number of halogens is 1. The summed E-state index contributed by atoms with van der Waals surface area (Å²) in [7, 11) is 1.54. The summed E-state index contributed by atoms with van der Waals surface area (Å²) in [6, 6.07) is 5.45. The molecule has 29 heavy (non-hydrogen) atoms. The molecule has 1 aromatic carbocycles. The average Bonchev–Trinajstić information content (AvgIpc) is 3.07. The van der Waals surface area contributed by atoms with Crippen molar-refractivity contribution in [2.24, 2.45) is 0 Å². The highest BCUT2D eigenvalue weighted by Gasteiger charge is 2.28. The third-order valence-corrected chi connectivity index (χ3v) is 5.84. The lowest BCUT2D eigenvalue weighted by Gasteiger charge is -2.15. The fraction of sp³-hybridized carbons (Fsp3) is 0.429. The summed E-state index contributed by atoms with van der Waals surface area (Å²) in [6.45, 7) is 2.06. The SMILES string of the molecule is COCCOC(=O)c1c(NC(=O)[C@@H](C)Oc2ccc(F)cc2)sc2c1CCCC2. The Labute approximate surface area is 173 Å². The van der Waals surface area contributed by atoms with Gasteiger partial charge in [-0.2, -0.15) is 0 Å². The van der Waals surface area contributed by atoms with Crippen LogP contribution in [0.1, 0.15) is 40.6 Å². The largest absolute Gasteiger partial charge is 0.481 e. The Morgan fingerprint density at radius 1 is 1.17 bits per heavy atom. The lowest BCUT2D eigenvalue weighted by atomic mass is 9.95. The summed E-state index contributed by atoms with van der Waals surface area (Å²) in [5.41, 5.74) is 1.40. The number of benzene rings is 1. The van der Waals surface area contributed by atoms with E-state index in [0.717, 1.165) is 36.1 Å². The number of thiophene rings is 1. The van der Waals surface area contributed by atoms with Gasteiger partial charge in [-0.15, -0.1) is 11.3 Å². The quantitative estimate of drug-likeness (QED) is 0.516. The molecule has 1 aliphatic rings. The minimum Gasteiger partial charge on any atom is -0.481 e. The van der Waals surface area contributed by atoms with Gasteiger partial charge in [-0.25, -0.2) is 9.18 Å². The molecule has 1 heterocycles. The maximum absolute atomic E-state index is 13.0. The van der Waals surface area contributed by atoms with Crippen molar-refractivity contribution < 1.29 is 28.2 Å². The number of hydrogen-bond acceptors (Lipinski definition) is 6. The molecule has 0 radical (unpaired) electrons. The molecule has 2 aromatic rings. The second-order valence-corrected chi connectivity index (χ2v) is 7.85. The Balaban J connectivity index is 1.74. The molecular weight excluding hydrogens is 397 g/mol. The van der Waals surface area contributed by atoms with Crippen LogP contribution in [0.2, 0.25) is 0 Å². The van der Waals surface area contributed by atoms with E-state index in [1.54, 1.807) is 6.92 Å². The molecule has 1 aliphatic carbocycles. The molecule has 1 aromatic heterocycles. The molecule has 0 spiro atoms. The first-order chi connectivity index (χ1) is 14.0. The molecule has 0 saturated heterocycles. The number of nitrogens with one attached hydrogen (secondary N) is 1. The van der Waals surface area contributed by atoms with Crippen molar-refractivity contribution in [3.63, 3.8) is 0 Å². The lowest BCUT2D eigenvalue weighted by Crippen LogP contribution is -2.30. The van der Waals surface area contributed by atoms with Crippen LogP contribution >= 0.6 is 11.3 Å². The van der Waals surface area contributed by atoms with E-state index in [0.29, 0.717) is 22.9 Å². The smallest absolute Gasteiger partial charge is 0.341 e. The number of esters is 1. The molecule has 0 fully saturated rings. The predicted octanol–water partition coefficient (Wildman–Crippen LogP) is 3.98. The Hall–Kier alpha value is -2.45. The monoisotopic (exact) mass is 421 g/mol. The zero-order valence-corrected chi connectivity index (χ0v) is 17.3. The zero-order chi connectivity index (χ0) is 20.8. The Morgan fingerprint density at radius 2 is 1.90 bits per heavy atom. The van der Waals surface area contributed by atoms with Crippen molar-refractivity contribution in [1.29, 1.82) is 0 Å². The van der Waals surface area contributed by atoms with E-state index in [9.17, 15) is 14.0 Å². The number of carbonyl (C=O) groups excluding carboxylic acids is 2. The molecule has 0 saturated carbocycles. The highest BCUT2D eigenvalue weighted by molar-refractivity contribution is 7.17. The average molecular weight is 421 g/mol. The van der Waals surface area contributed by atoms with Gasteiger partial charge >= 0.3 is 5.97 Å². The standard InChI is InChI=1S/C21H24FNO5S/c1-13(28-15-9-7-14(22)8-10-15)19(24)23-20-18(21(25)27-12-11-26-2)16-5-3-4-6-17(16)29-20/h7-10,13H,3-6,11-12H2,1-2H3,(H,23,24)/t13-/m1/s1. The number of amides is 1. The molecule has 0 unspecified atom stereocenters. The van der Waals surface area contributed by atoms with Gasteiger partial charge in [0.15, 0.2) is 6.10 Å². The number of anilines is 1. The second kappa shape index (κ2) is 9.84. The first-order valence-electron chi connectivity index (χ1n) is 9.53. The number of methoxy groups -OCH3 is 1. The lowest BCUT2D eigenvalue weighted by molar-refractivity contribution is -0.122. The van der Waals surface area contributed by atoms with Crippen LogP contribution in [0.4, 0.5) is 9.39 Å². The van der Waals surface area contributed by atoms with Crippen LogP contribution < -0.4 is 10.1 Å². The second-order valence-electron chi connectivity index (χ2n) is 6.75. The van der Waals surface area contributed by atoms with E-state index in [2.05, 4.69) is 5.32 Å². The van der Waals surface area contributed by atoms with Crippen LogP contribution in [0.3, 0.4) is 0 Å². The van der Waals surface area contributed by atoms with Gasteiger partial charge in [0.25, 0.3) is 5.91 Å². The maximum Gasteiger partial charge on any atom is 0.341 e. The van der Waals surface area contributed by atoms with Crippen LogP contribution in [0.15, 0.2) is 24.3 Å². The fourth-order valence-electron chi connectivity index (χ4n) is 3.14. The van der Waals surface area contributed by atoms with Gasteiger partial charge in [-0.05, 0) is 62.4 Å². The van der Waals surface area contributed by atoms with Crippen LogP contribution in [0.25, 0.3) is 0 Å². The molecule has 0 aliphatic heterocycles. The normalized spacial score (nSPS) is 14.0. The van der Waals surface area contributed by atoms with Gasteiger partial charge in [-0.1, -0.05) is 0 Å². The number of fused-ring (bicyclic) bond motifs is 1. The van der Waals surface area contributed by atoms with Crippen molar-refractivity contribution in [3.05, 3.63) is 46.1 Å². The van der Waals surface area contributed by atoms with Gasteiger partial charge in [0.05, 0.1) is 12.2 Å². The summed E-state index contributed by atoms with van der Waals surface area (Å²) in [6.07, 6.45) is 2.91. The third-order valence-electron chi connectivity index (χ3n) is 4.63. The Morgan fingerprint density at radius 3 is 2.62 bits per heavy atom. The highest BCUT2D eigenvalue weighted by Crippen LogP contribution is 2.38. The number of hydrogen-bond donors (Lipinski definition) is 1. The van der Waals surface area contributed by atoms with E-state index in [-0.39, 0.29) is 18.3 Å². The number of rotatable bonds is 8. The van der Waals surface area contributed by atoms with Gasteiger partial charge in [-0.3, -0.25) is 4.79 Å². The topological polar surface area (TPSA) is 73.9 Å². The van der Waals surface area contributed by atoms with Gasteiger partial charge in [0.2, 0.25) is 0 Å². The van der Waals surface area contributed by atoms with Gasteiger partial charge < -0.3 is 19.5 Å². The van der Waals surface area contributed by atoms with Crippen LogP contribution in [-0.2, 0) is 27.1 Å². The molecule has 1 N–H and O–H groups in total. The molecule has 1 amide bonds. The molecule has 3 rings (SSSR count). The Bertz CT molecular complexity index is 865. The highest BCUT2D eigenvalue weighted by atomic mass is 32.1. The molecule has 8 heteroatoms. The van der Waals surface area contributed by atoms with E-state index < -0.39 is 12.1 Å². The maximum atomic E-state index is 13.0. The third kappa shape index (κ3) is 5.33. The number of aryl methyl sites for hydroxylation is 1. The summed E-state index contributed by atoms with van der Waals surface area (Å²) in [5, 5.41) is 3.30. The van der Waals surface area contributed by atoms with Crippen molar-refractivity contribution >= 4 is 28.2 Å². The summed E-state index contributed by atoms with van der Waals surface area (Å²) >= 11 is 1.41. The van der Waals surface area contributed by atoms with Crippen molar-refractivity contribution in [3.8, 4) is 5.75 Å². The fourth-order valence-corrected chi connectivity index (χ4v) is 4.42. The predicted molar refractivity (Wildman–Crippen MR) is 108 cm³/mol. The Kier molecular flexibility index (Phi) is 7.22. The van der Waals surface area contributed by atoms with Crippen molar-refractivity contribution in [2.75, 3.05) is 25.6 Å².